The van der Waals surface area contributed by atoms with Crippen LogP contribution in [0.3, 0.4) is 0 Å². The van der Waals surface area contributed by atoms with Gasteiger partial charge in [-0.3, -0.25) is 19.7 Å². The Balaban J connectivity index is 1.98. The first-order chi connectivity index (χ1) is 10.1. The van der Waals surface area contributed by atoms with Crippen molar-refractivity contribution < 1.29 is 14.7 Å². The topological polar surface area (TPSA) is 95.4 Å². The molecule has 0 spiro atoms. The third-order valence-electron chi connectivity index (χ3n) is 3.67. The molecule has 1 unspecified atom stereocenters. The molecule has 1 aliphatic heterocycles. The number of amides is 1. The van der Waals surface area contributed by atoms with E-state index in [4.69, 9.17) is 5.11 Å². The number of hydrogen-bond donors (Lipinski definition) is 2. The number of likely N-dealkylation sites (tertiary alicyclic amines) is 1. The number of carbonyl (C=O) groups is 2. The second-order valence-electron chi connectivity index (χ2n) is 5.13. The van der Waals surface area contributed by atoms with Crippen molar-refractivity contribution in [2.24, 2.45) is 0 Å². The Morgan fingerprint density at radius 2 is 2.33 bits per heavy atom. The molecule has 114 valence electrons. The van der Waals surface area contributed by atoms with Gasteiger partial charge in [-0.1, -0.05) is 6.92 Å². The molecular weight excluding hydrogens is 272 g/mol. The van der Waals surface area contributed by atoms with Crippen LogP contribution < -0.4 is 5.32 Å². The van der Waals surface area contributed by atoms with Crippen molar-refractivity contribution in [1.29, 1.82) is 0 Å². The van der Waals surface area contributed by atoms with Crippen LogP contribution in [0.1, 0.15) is 31.9 Å². The molecule has 1 amide bonds. The molecule has 7 heteroatoms. The maximum absolute atomic E-state index is 12.3. The Hall–Kier alpha value is -2.02. The highest BCUT2D eigenvalue weighted by Gasteiger charge is 2.32. The lowest BCUT2D eigenvalue weighted by Gasteiger charge is -2.24. The van der Waals surface area contributed by atoms with Crippen molar-refractivity contribution in [3.05, 3.63) is 24.3 Å². The Bertz CT molecular complexity index is 494. The molecule has 2 rings (SSSR count). The summed E-state index contributed by atoms with van der Waals surface area (Å²) in [5.74, 6) is -1.21. The molecule has 0 aromatic carbocycles. The molecule has 2 heterocycles. The average Bonchev–Trinajstić information content (AvgIpc) is 2.93. The fraction of sp³-hybridized carbons (Fsp3) is 0.571. The Morgan fingerprint density at radius 1 is 1.52 bits per heavy atom. The zero-order chi connectivity index (χ0) is 15.2. The van der Waals surface area contributed by atoms with Crippen LogP contribution in [0.15, 0.2) is 18.6 Å². The molecule has 1 fully saturated rings. The van der Waals surface area contributed by atoms with Crippen LogP contribution >= 0.6 is 0 Å². The lowest BCUT2D eigenvalue weighted by Crippen LogP contribution is -2.49. The first-order valence-electron chi connectivity index (χ1n) is 7.14. The van der Waals surface area contributed by atoms with Crippen molar-refractivity contribution in [2.75, 3.05) is 6.54 Å². The lowest BCUT2D eigenvalue weighted by molar-refractivity contribution is -0.142. The molecule has 2 N–H and O–H groups in total. The molecule has 1 aromatic rings. The van der Waals surface area contributed by atoms with Crippen LogP contribution in [-0.4, -0.2) is 50.5 Å². The third-order valence-corrected chi connectivity index (χ3v) is 3.67. The third kappa shape index (κ3) is 3.98. The van der Waals surface area contributed by atoms with E-state index >= 15 is 0 Å². The first kappa shape index (κ1) is 15.4. The molecule has 1 saturated heterocycles. The minimum Gasteiger partial charge on any atom is -0.480 e. The standard InChI is InChI=1S/C14H20N4O3/c1-2-11(14(20)21)17-13(19)12-4-3-7-18(12)9-10-8-15-5-6-16-10/h5-6,8,11-12H,2-4,7,9H2,1H3,(H,17,19)(H,20,21)/t11?,12-/m0/s1. The van der Waals surface area contributed by atoms with Crippen LogP contribution in [0.25, 0.3) is 0 Å². The van der Waals surface area contributed by atoms with Gasteiger partial charge in [-0.05, 0) is 25.8 Å². The minimum atomic E-state index is -0.996. The van der Waals surface area contributed by atoms with Crippen molar-refractivity contribution >= 4 is 11.9 Å². The quantitative estimate of drug-likeness (QED) is 0.789. The SMILES string of the molecule is CCC(NC(=O)[C@@H]1CCCN1Cc1cnccn1)C(=O)O. The van der Waals surface area contributed by atoms with E-state index in [1.54, 1.807) is 25.5 Å². The van der Waals surface area contributed by atoms with Gasteiger partial charge in [0, 0.05) is 25.1 Å². The van der Waals surface area contributed by atoms with Gasteiger partial charge in [-0.2, -0.15) is 0 Å². The molecule has 0 bridgehead atoms. The summed E-state index contributed by atoms with van der Waals surface area (Å²) in [6.45, 7) is 3.10. The van der Waals surface area contributed by atoms with E-state index in [9.17, 15) is 9.59 Å². The zero-order valence-electron chi connectivity index (χ0n) is 12.0. The number of rotatable bonds is 6. The molecule has 0 radical (unpaired) electrons. The Kier molecular flexibility index (Phi) is 5.21. The number of nitrogens with one attached hydrogen (secondary N) is 1. The van der Waals surface area contributed by atoms with Gasteiger partial charge < -0.3 is 10.4 Å². The summed E-state index contributed by atoms with van der Waals surface area (Å²) in [5.41, 5.74) is 0.808. The summed E-state index contributed by atoms with van der Waals surface area (Å²) < 4.78 is 0. The smallest absolute Gasteiger partial charge is 0.326 e. The van der Waals surface area contributed by atoms with Gasteiger partial charge in [0.2, 0.25) is 5.91 Å². The Morgan fingerprint density at radius 3 is 2.95 bits per heavy atom. The van der Waals surface area contributed by atoms with Gasteiger partial charge in [0.25, 0.3) is 0 Å². The van der Waals surface area contributed by atoms with Crippen LogP contribution in [0.5, 0.6) is 0 Å². The Labute approximate surface area is 123 Å². The molecule has 2 atom stereocenters. The summed E-state index contributed by atoms with van der Waals surface area (Å²) >= 11 is 0. The number of hydrogen-bond acceptors (Lipinski definition) is 5. The second-order valence-corrected chi connectivity index (χ2v) is 5.13. The molecule has 0 aliphatic carbocycles. The fourth-order valence-corrected chi connectivity index (χ4v) is 2.54. The van der Waals surface area contributed by atoms with E-state index in [0.717, 1.165) is 25.1 Å². The van der Waals surface area contributed by atoms with Crippen LogP contribution in [0.4, 0.5) is 0 Å². The molecule has 1 aromatic heterocycles. The zero-order valence-corrected chi connectivity index (χ0v) is 12.0. The predicted molar refractivity (Wildman–Crippen MR) is 75.3 cm³/mol. The van der Waals surface area contributed by atoms with E-state index < -0.39 is 12.0 Å². The van der Waals surface area contributed by atoms with Gasteiger partial charge >= 0.3 is 5.97 Å². The van der Waals surface area contributed by atoms with Crippen LogP contribution in [0.2, 0.25) is 0 Å². The number of aliphatic carboxylic acids is 1. The van der Waals surface area contributed by atoms with Crippen LogP contribution in [-0.2, 0) is 16.1 Å². The van der Waals surface area contributed by atoms with Crippen LogP contribution in [0, 0.1) is 0 Å². The predicted octanol–water partition coefficient (Wildman–Crippen LogP) is 0.420. The van der Waals surface area contributed by atoms with Gasteiger partial charge in [0.15, 0.2) is 0 Å². The number of nitrogens with zero attached hydrogens (tertiary/aromatic N) is 3. The maximum atomic E-state index is 12.3. The molecule has 21 heavy (non-hydrogen) atoms. The summed E-state index contributed by atoms with van der Waals surface area (Å²) in [6, 6.07) is -1.11. The molecule has 1 aliphatic rings. The highest BCUT2D eigenvalue weighted by atomic mass is 16.4. The number of carboxylic acids is 1. The van der Waals surface area contributed by atoms with Crippen molar-refractivity contribution in [3.8, 4) is 0 Å². The molecular formula is C14H20N4O3. The second kappa shape index (κ2) is 7.12. The van der Waals surface area contributed by atoms with Gasteiger partial charge in [0.05, 0.1) is 11.7 Å². The van der Waals surface area contributed by atoms with E-state index in [-0.39, 0.29) is 11.9 Å². The largest absolute Gasteiger partial charge is 0.480 e. The van der Waals surface area contributed by atoms with Crippen molar-refractivity contribution in [3.63, 3.8) is 0 Å². The summed E-state index contributed by atoms with van der Waals surface area (Å²) in [5, 5.41) is 11.6. The van der Waals surface area contributed by atoms with E-state index in [2.05, 4.69) is 15.3 Å². The monoisotopic (exact) mass is 292 g/mol. The average molecular weight is 292 g/mol. The summed E-state index contributed by atoms with van der Waals surface area (Å²) in [4.78, 5) is 33.5. The lowest BCUT2D eigenvalue weighted by atomic mass is 10.1. The van der Waals surface area contributed by atoms with Crippen molar-refractivity contribution in [2.45, 2.75) is 44.8 Å². The first-order valence-corrected chi connectivity index (χ1v) is 7.14. The number of aromatic nitrogens is 2. The fourth-order valence-electron chi connectivity index (χ4n) is 2.54. The van der Waals surface area contributed by atoms with E-state index in [1.807, 2.05) is 4.90 Å². The van der Waals surface area contributed by atoms with E-state index in [1.165, 1.54) is 0 Å². The minimum absolute atomic E-state index is 0.217. The summed E-state index contributed by atoms with van der Waals surface area (Å²) in [7, 11) is 0. The normalized spacial score (nSPS) is 20.1. The molecule has 0 saturated carbocycles. The number of carbonyl (C=O) groups excluding carboxylic acids is 1. The highest BCUT2D eigenvalue weighted by molar-refractivity contribution is 5.87. The number of carboxylic acid groups (broad SMARTS) is 1. The van der Waals surface area contributed by atoms with Gasteiger partial charge in [-0.25, -0.2) is 4.79 Å². The summed E-state index contributed by atoms with van der Waals surface area (Å²) in [6.07, 6.45) is 6.94. The van der Waals surface area contributed by atoms with Gasteiger partial charge in [0.1, 0.15) is 6.04 Å². The van der Waals surface area contributed by atoms with Gasteiger partial charge in [-0.15, -0.1) is 0 Å². The highest BCUT2D eigenvalue weighted by Crippen LogP contribution is 2.19. The van der Waals surface area contributed by atoms with E-state index in [0.29, 0.717) is 13.0 Å². The van der Waals surface area contributed by atoms with Crippen molar-refractivity contribution in [1.82, 2.24) is 20.2 Å². The maximum Gasteiger partial charge on any atom is 0.326 e. The molecule has 7 nitrogen and oxygen atoms in total.